The summed E-state index contributed by atoms with van der Waals surface area (Å²) in [6.07, 6.45) is 0. The molecule has 3 rings (SSSR count). The molecule has 0 radical (unpaired) electrons. The van der Waals surface area contributed by atoms with Gasteiger partial charge in [-0.2, -0.15) is 9.97 Å². The van der Waals surface area contributed by atoms with Crippen LogP contribution in [0.1, 0.15) is 0 Å². The number of ether oxygens (including phenoxy) is 1. The summed E-state index contributed by atoms with van der Waals surface area (Å²) in [6, 6.07) is 11.3. The van der Waals surface area contributed by atoms with E-state index in [0.717, 1.165) is 5.56 Å². The van der Waals surface area contributed by atoms with Crippen molar-refractivity contribution in [3.05, 3.63) is 47.5 Å². The summed E-state index contributed by atoms with van der Waals surface area (Å²) in [7, 11) is 1.45. The van der Waals surface area contributed by atoms with Gasteiger partial charge in [-0.25, -0.2) is 4.98 Å². The Hall–Kier alpha value is -2.86. The largest absolute Gasteiger partial charge is 0.508 e. The molecule has 1 aromatic heterocycles. The molecule has 2 aromatic carbocycles. The van der Waals surface area contributed by atoms with Crippen LogP contribution in [-0.4, -0.2) is 32.3 Å². The molecule has 0 amide bonds. The number of phenolic OH excluding ortho intramolecular Hbond substituents is 2. The van der Waals surface area contributed by atoms with Crippen LogP contribution in [0, 0.1) is 0 Å². The van der Waals surface area contributed by atoms with Crippen LogP contribution in [0.4, 0.5) is 0 Å². The Morgan fingerprint density at radius 2 is 1.61 bits per heavy atom. The fourth-order valence-corrected chi connectivity index (χ4v) is 2.13. The van der Waals surface area contributed by atoms with Crippen LogP contribution in [0.25, 0.3) is 22.8 Å². The number of aromatic hydroxyl groups is 2. The highest BCUT2D eigenvalue weighted by Crippen LogP contribution is 2.31. The molecule has 116 valence electrons. The summed E-state index contributed by atoms with van der Waals surface area (Å²) < 4.78 is 5.11. The Morgan fingerprint density at radius 3 is 2.26 bits per heavy atom. The van der Waals surface area contributed by atoms with E-state index in [1.165, 1.54) is 25.3 Å². The summed E-state index contributed by atoms with van der Waals surface area (Å²) in [5, 5.41) is 20.0. The quantitative estimate of drug-likeness (QED) is 0.766. The SMILES string of the molecule is COc1nc(-c2ccc(Cl)cc2)nc(-c2ccc(O)cc2O)n1. The molecule has 2 N–H and O–H groups in total. The normalized spacial score (nSPS) is 10.5. The van der Waals surface area contributed by atoms with E-state index in [-0.39, 0.29) is 23.3 Å². The lowest BCUT2D eigenvalue weighted by molar-refractivity contribution is 0.379. The maximum Gasteiger partial charge on any atom is 0.320 e. The monoisotopic (exact) mass is 329 g/mol. The number of halogens is 1. The Morgan fingerprint density at radius 1 is 0.913 bits per heavy atom. The number of aromatic nitrogens is 3. The third-order valence-corrected chi connectivity index (χ3v) is 3.37. The number of benzene rings is 2. The van der Waals surface area contributed by atoms with Gasteiger partial charge in [0.15, 0.2) is 11.6 Å². The third-order valence-electron chi connectivity index (χ3n) is 3.12. The summed E-state index contributed by atoms with van der Waals surface area (Å²) in [4.78, 5) is 12.7. The number of rotatable bonds is 3. The molecule has 7 heteroatoms. The number of phenols is 2. The van der Waals surface area contributed by atoms with Gasteiger partial charge in [-0.3, -0.25) is 0 Å². The van der Waals surface area contributed by atoms with Crippen LogP contribution >= 0.6 is 11.6 Å². The topological polar surface area (TPSA) is 88.4 Å². The molecule has 0 aliphatic heterocycles. The number of nitrogens with zero attached hydrogens (tertiary/aromatic N) is 3. The highest BCUT2D eigenvalue weighted by atomic mass is 35.5. The molecule has 0 saturated carbocycles. The standard InChI is InChI=1S/C16H12ClN3O3/c1-23-16-19-14(9-2-4-10(17)5-3-9)18-15(20-16)12-7-6-11(21)8-13(12)22/h2-8,21-22H,1H3. The van der Waals surface area contributed by atoms with Crippen molar-refractivity contribution in [2.75, 3.05) is 7.11 Å². The molecule has 3 aromatic rings. The zero-order valence-electron chi connectivity index (χ0n) is 12.1. The van der Waals surface area contributed by atoms with E-state index in [2.05, 4.69) is 15.0 Å². The van der Waals surface area contributed by atoms with Crippen LogP contribution in [0.5, 0.6) is 17.5 Å². The Balaban J connectivity index is 2.14. The minimum Gasteiger partial charge on any atom is -0.508 e. The molecule has 0 fully saturated rings. The van der Waals surface area contributed by atoms with Crippen molar-refractivity contribution in [3.8, 4) is 40.3 Å². The fourth-order valence-electron chi connectivity index (χ4n) is 2.01. The van der Waals surface area contributed by atoms with Gasteiger partial charge in [0.25, 0.3) is 0 Å². The summed E-state index contributed by atoms with van der Waals surface area (Å²) >= 11 is 5.89. The molecular weight excluding hydrogens is 318 g/mol. The van der Waals surface area contributed by atoms with Crippen LogP contribution in [0.2, 0.25) is 5.02 Å². The first-order chi connectivity index (χ1) is 11.1. The van der Waals surface area contributed by atoms with Crippen molar-refractivity contribution in [2.24, 2.45) is 0 Å². The molecule has 0 atom stereocenters. The van der Waals surface area contributed by atoms with E-state index in [1.807, 2.05) is 0 Å². The van der Waals surface area contributed by atoms with Gasteiger partial charge < -0.3 is 14.9 Å². The van der Waals surface area contributed by atoms with Gasteiger partial charge in [0.1, 0.15) is 11.5 Å². The molecular formula is C16H12ClN3O3. The summed E-state index contributed by atoms with van der Waals surface area (Å²) in [6.45, 7) is 0. The van der Waals surface area contributed by atoms with Gasteiger partial charge in [-0.15, -0.1) is 0 Å². The third kappa shape index (κ3) is 3.17. The van der Waals surface area contributed by atoms with Crippen molar-refractivity contribution in [2.45, 2.75) is 0 Å². The Bertz CT molecular complexity index is 854. The Labute approximate surface area is 137 Å². The highest BCUT2D eigenvalue weighted by molar-refractivity contribution is 6.30. The smallest absolute Gasteiger partial charge is 0.320 e. The van der Waals surface area contributed by atoms with E-state index in [0.29, 0.717) is 16.4 Å². The first kappa shape index (κ1) is 15.1. The minimum absolute atomic E-state index is 0.0507. The van der Waals surface area contributed by atoms with Crippen molar-refractivity contribution in [1.82, 2.24) is 15.0 Å². The van der Waals surface area contributed by atoms with Gasteiger partial charge in [0, 0.05) is 16.7 Å². The second-order valence-electron chi connectivity index (χ2n) is 4.68. The summed E-state index contributed by atoms with van der Waals surface area (Å²) in [5.74, 6) is 0.431. The zero-order chi connectivity index (χ0) is 16.4. The average molecular weight is 330 g/mol. The van der Waals surface area contributed by atoms with Gasteiger partial charge in [-0.05, 0) is 36.4 Å². The first-order valence-corrected chi connectivity index (χ1v) is 7.03. The van der Waals surface area contributed by atoms with Gasteiger partial charge in [-0.1, -0.05) is 11.6 Å². The molecule has 1 heterocycles. The predicted octanol–water partition coefficient (Wildman–Crippen LogP) is 3.28. The molecule has 6 nitrogen and oxygen atoms in total. The zero-order valence-corrected chi connectivity index (χ0v) is 12.8. The average Bonchev–Trinajstić information content (AvgIpc) is 2.55. The maximum atomic E-state index is 9.99. The van der Waals surface area contributed by atoms with Crippen LogP contribution in [0.3, 0.4) is 0 Å². The van der Waals surface area contributed by atoms with Crippen molar-refractivity contribution in [1.29, 1.82) is 0 Å². The number of methoxy groups -OCH3 is 1. The molecule has 0 saturated heterocycles. The molecule has 0 aliphatic rings. The van der Waals surface area contributed by atoms with Crippen LogP contribution in [0.15, 0.2) is 42.5 Å². The van der Waals surface area contributed by atoms with Crippen molar-refractivity contribution >= 4 is 11.6 Å². The summed E-state index contributed by atoms with van der Waals surface area (Å²) in [5.41, 5.74) is 1.09. The second kappa shape index (κ2) is 6.10. The second-order valence-corrected chi connectivity index (χ2v) is 5.11. The fraction of sp³-hybridized carbons (Fsp3) is 0.0625. The van der Waals surface area contributed by atoms with Crippen LogP contribution < -0.4 is 4.74 Å². The van der Waals surface area contributed by atoms with Gasteiger partial charge >= 0.3 is 6.01 Å². The van der Waals surface area contributed by atoms with Gasteiger partial charge in [0.05, 0.1) is 12.7 Å². The van der Waals surface area contributed by atoms with E-state index in [4.69, 9.17) is 16.3 Å². The molecule has 0 aliphatic carbocycles. The van der Waals surface area contributed by atoms with E-state index >= 15 is 0 Å². The Kier molecular flexibility index (Phi) is 3.99. The van der Waals surface area contributed by atoms with Crippen molar-refractivity contribution < 1.29 is 14.9 Å². The lowest BCUT2D eigenvalue weighted by Gasteiger charge is -2.08. The molecule has 0 unspecified atom stereocenters. The van der Waals surface area contributed by atoms with E-state index in [9.17, 15) is 10.2 Å². The molecule has 0 bridgehead atoms. The van der Waals surface area contributed by atoms with E-state index < -0.39 is 0 Å². The minimum atomic E-state index is -0.139. The lowest BCUT2D eigenvalue weighted by atomic mass is 10.1. The first-order valence-electron chi connectivity index (χ1n) is 6.65. The number of hydrogen-bond donors (Lipinski definition) is 2. The van der Waals surface area contributed by atoms with E-state index in [1.54, 1.807) is 24.3 Å². The van der Waals surface area contributed by atoms with Crippen molar-refractivity contribution in [3.63, 3.8) is 0 Å². The maximum absolute atomic E-state index is 9.99. The molecule has 23 heavy (non-hydrogen) atoms. The van der Waals surface area contributed by atoms with Crippen LogP contribution in [-0.2, 0) is 0 Å². The molecule has 0 spiro atoms. The lowest BCUT2D eigenvalue weighted by Crippen LogP contribution is -2.00. The van der Waals surface area contributed by atoms with Gasteiger partial charge in [0.2, 0.25) is 0 Å². The predicted molar refractivity (Wildman–Crippen MR) is 85.6 cm³/mol. The number of hydrogen-bond acceptors (Lipinski definition) is 6. The highest BCUT2D eigenvalue weighted by Gasteiger charge is 2.14.